The Kier molecular flexibility index (Phi) is 1.91. The Morgan fingerprint density at radius 2 is 2.31 bits per heavy atom. The van der Waals surface area contributed by atoms with Crippen LogP contribution in [0.1, 0.15) is 5.56 Å². The number of nitriles is 1. The summed E-state index contributed by atoms with van der Waals surface area (Å²) in [6.07, 6.45) is 2.96. The number of nitrogens with zero attached hydrogens (tertiary/aromatic N) is 5. The monoisotopic (exact) mass is 227 g/mol. The second-order valence-corrected chi connectivity index (χ2v) is 4.03. The summed E-state index contributed by atoms with van der Waals surface area (Å²) in [5.41, 5.74) is 1.25. The first kappa shape index (κ1) is 9.00. The number of rotatable bonds is 1. The lowest BCUT2D eigenvalue weighted by Gasteiger charge is -2.02. The van der Waals surface area contributed by atoms with Crippen molar-refractivity contribution in [1.82, 2.24) is 19.6 Å². The molecular formula is C10H5N5S. The van der Waals surface area contributed by atoms with Crippen LogP contribution >= 0.6 is 11.3 Å². The predicted molar refractivity (Wildman–Crippen MR) is 58.8 cm³/mol. The second-order valence-electron chi connectivity index (χ2n) is 3.08. The van der Waals surface area contributed by atoms with Gasteiger partial charge in [-0.05, 0) is 11.4 Å². The Bertz CT molecular complexity index is 677. The maximum Gasteiger partial charge on any atom is 0.252 e. The van der Waals surface area contributed by atoms with Gasteiger partial charge in [0.2, 0.25) is 0 Å². The van der Waals surface area contributed by atoms with E-state index in [0.29, 0.717) is 11.3 Å². The van der Waals surface area contributed by atoms with Crippen molar-refractivity contribution in [3.63, 3.8) is 0 Å². The summed E-state index contributed by atoms with van der Waals surface area (Å²) in [4.78, 5) is 9.04. The normalized spacial score (nSPS) is 10.4. The smallest absolute Gasteiger partial charge is 0.218 e. The molecule has 0 aliphatic rings. The summed E-state index contributed by atoms with van der Waals surface area (Å²) < 4.78 is 1.59. The number of aromatic nitrogens is 4. The van der Waals surface area contributed by atoms with E-state index in [-0.39, 0.29) is 0 Å². The van der Waals surface area contributed by atoms with Crippen LogP contribution in [-0.2, 0) is 0 Å². The van der Waals surface area contributed by atoms with Crippen LogP contribution in [-0.4, -0.2) is 19.6 Å². The van der Waals surface area contributed by atoms with E-state index in [2.05, 4.69) is 21.1 Å². The number of fused-ring (bicyclic) bond motifs is 1. The number of hydrogen-bond acceptors (Lipinski definition) is 5. The van der Waals surface area contributed by atoms with Crippen molar-refractivity contribution in [2.24, 2.45) is 0 Å². The van der Waals surface area contributed by atoms with Gasteiger partial charge in [-0.15, -0.1) is 11.3 Å². The lowest BCUT2D eigenvalue weighted by Crippen LogP contribution is -1.98. The van der Waals surface area contributed by atoms with Crippen molar-refractivity contribution in [3.05, 3.63) is 35.6 Å². The molecule has 6 heteroatoms. The minimum Gasteiger partial charge on any atom is -0.218 e. The zero-order chi connectivity index (χ0) is 11.0. The number of hydrogen-bond donors (Lipinski definition) is 0. The molecule has 0 aliphatic carbocycles. The molecule has 0 N–H and O–H groups in total. The molecule has 0 saturated heterocycles. The molecule has 3 aromatic heterocycles. The summed E-state index contributed by atoms with van der Waals surface area (Å²) >= 11 is 1.56. The lowest BCUT2D eigenvalue weighted by atomic mass is 10.2. The first-order chi connectivity index (χ1) is 7.90. The molecule has 76 valence electrons. The topological polar surface area (TPSA) is 66.9 Å². The van der Waals surface area contributed by atoms with E-state index in [1.54, 1.807) is 15.9 Å². The average Bonchev–Trinajstić information content (AvgIpc) is 2.98. The summed E-state index contributed by atoms with van der Waals surface area (Å²) in [5, 5.41) is 15.1. The molecule has 0 radical (unpaired) electrons. The summed E-state index contributed by atoms with van der Waals surface area (Å²) in [7, 11) is 0. The van der Waals surface area contributed by atoms with Gasteiger partial charge in [-0.25, -0.2) is 4.98 Å². The Morgan fingerprint density at radius 3 is 3.06 bits per heavy atom. The van der Waals surface area contributed by atoms with Gasteiger partial charge in [-0.1, -0.05) is 6.07 Å². The van der Waals surface area contributed by atoms with E-state index in [1.807, 2.05) is 17.5 Å². The third-order valence-electron chi connectivity index (χ3n) is 2.18. The molecule has 0 spiro atoms. The van der Waals surface area contributed by atoms with Crippen molar-refractivity contribution in [2.45, 2.75) is 0 Å². The van der Waals surface area contributed by atoms with Gasteiger partial charge in [0.25, 0.3) is 5.78 Å². The third-order valence-corrected chi connectivity index (χ3v) is 3.06. The third kappa shape index (κ3) is 1.19. The minimum absolute atomic E-state index is 0.500. The predicted octanol–water partition coefficient (Wildman–Crippen LogP) is 1.72. The molecule has 0 aromatic carbocycles. The average molecular weight is 227 g/mol. The van der Waals surface area contributed by atoms with Crippen LogP contribution in [0.25, 0.3) is 16.3 Å². The van der Waals surface area contributed by atoms with Crippen LogP contribution in [0.2, 0.25) is 0 Å². The van der Waals surface area contributed by atoms with E-state index in [0.717, 1.165) is 10.6 Å². The van der Waals surface area contributed by atoms with E-state index in [9.17, 15) is 0 Å². The van der Waals surface area contributed by atoms with Crippen molar-refractivity contribution < 1.29 is 0 Å². The molecule has 3 rings (SSSR count). The highest BCUT2D eigenvalue weighted by Gasteiger charge is 2.12. The first-order valence-corrected chi connectivity index (χ1v) is 5.41. The quantitative estimate of drug-likeness (QED) is 0.635. The highest BCUT2D eigenvalue weighted by atomic mass is 32.1. The molecule has 0 unspecified atom stereocenters. The maximum absolute atomic E-state index is 9.07. The molecule has 0 atom stereocenters. The van der Waals surface area contributed by atoms with Gasteiger partial charge in [0, 0.05) is 0 Å². The van der Waals surface area contributed by atoms with Gasteiger partial charge < -0.3 is 0 Å². The lowest BCUT2D eigenvalue weighted by molar-refractivity contribution is 0.946. The number of thiophene rings is 1. The molecule has 0 bridgehead atoms. The highest BCUT2D eigenvalue weighted by molar-refractivity contribution is 7.13. The summed E-state index contributed by atoms with van der Waals surface area (Å²) in [6.45, 7) is 0. The molecule has 0 amide bonds. The zero-order valence-corrected chi connectivity index (χ0v) is 8.85. The van der Waals surface area contributed by atoms with Crippen LogP contribution in [0.4, 0.5) is 0 Å². The fraction of sp³-hybridized carbons (Fsp3) is 0. The molecule has 3 aromatic rings. The standard InChI is InChI=1S/C10H5N5S/c11-4-7-5-12-10-13-6-14-15(10)9(7)8-2-1-3-16-8/h1-3,5-6H. The summed E-state index contributed by atoms with van der Waals surface area (Å²) in [6, 6.07) is 6.00. The highest BCUT2D eigenvalue weighted by Crippen LogP contribution is 2.26. The van der Waals surface area contributed by atoms with Gasteiger partial charge in [-0.3, -0.25) is 0 Å². The van der Waals surface area contributed by atoms with Gasteiger partial charge in [0.05, 0.1) is 16.6 Å². The van der Waals surface area contributed by atoms with Gasteiger partial charge in [0.15, 0.2) is 0 Å². The molecule has 0 saturated carbocycles. The van der Waals surface area contributed by atoms with Crippen LogP contribution in [0.3, 0.4) is 0 Å². The Labute approximate surface area is 94.6 Å². The van der Waals surface area contributed by atoms with E-state index >= 15 is 0 Å². The molecule has 3 heterocycles. The van der Waals surface area contributed by atoms with E-state index in [4.69, 9.17) is 5.26 Å². The fourth-order valence-corrected chi connectivity index (χ4v) is 2.28. The second kappa shape index (κ2) is 3.40. The van der Waals surface area contributed by atoms with Crippen molar-refractivity contribution in [1.29, 1.82) is 5.26 Å². The van der Waals surface area contributed by atoms with Gasteiger partial charge in [0.1, 0.15) is 18.1 Å². The van der Waals surface area contributed by atoms with E-state index in [1.165, 1.54) is 12.5 Å². The summed E-state index contributed by atoms with van der Waals surface area (Å²) in [5.74, 6) is 0.502. The Hall–Kier alpha value is -2.26. The molecule has 5 nitrogen and oxygen atoms in total. The van der Waals surface area contributed by atoms with Crippen molar-refractivity contribution in [3.8, 4) is 16.6 Å². The van der Waals surface area contributed by atoms with Crippen LogP contribution in [0.5, 0.6) is 0 Å². The minimum atomic E-state index is 0.500. The maximum atomic E-state index is 9.07. The molecule has 16 heavy (non-hydrogen) atoms. The van der Waals surface area contributed by atoms with Crippen molar-refractivity contribution >= 4 is 17.1 Å². The van der Waals surface area contributed by atoms with Crippen molar-refractivity contribution in [2.75, 3.05) is 0 Å². The Balaban J connectivity index is 2.44. The zero-order valence-electron chi connectivity index (χ0n) is 8.03. The Morgan fingerprint density at radius 1 is 1.38 bits per heavy atom. The SMILES string of the molecule is N#Cc1cnc2ncnn2c1-c1cccs1. The molecule has 0 aliphatic heterocycles. The van der Waals surface area contributed by atoms with Crippen LogP contribution < -0.4 is 0 Å². The van der Waals surface area contributed by atoms with Crippen LogP contribution in [0, 0.1) is 11.3 Å². The van der Waals surface area contributed by atoms with Gasteiger partial charge >= 0.3 is 0 Å². The van der Waals surface area contributed by atoms with E-state index < -0.39 is 0 Å². The van der Waals surface area contributed by atoms with Gasteiger partial charge in [-0.2, -0.15) is 19.9 Å². The largest absolute Gasteiger partial charge is 0.252 e. The molecule has 0 fully saturated rings. The fourth-order valence-electron chi connectivity index (χ4n) is 1.51. The molecular weight excluding hydrogens is 222 g/mol. The van der Waals surface area contributed by atoms with Crippen LogP contribution in [0.15, 0.2) is 30.0 Å². The first-order valence-electron chi connectivity index (χ1n) is 4.53.